The molecule has 2 aromatic carbocycles. The second-order valence-electron chi connectivity index (χ2n) is 8.21. The lowest BCUT2D eigenvalue weighted by Crippen LogP contribution is -2.57. The van der Waals surface area contributed by atoms with Gasteiger partial charge in [0.05, 0.1) is 6.42 Å². The van der Waals surface area contributed by atoms with Gasteiger partial charge in [-0.05, 0) is 5.56 Å². The number of hydrogen-bond acceptors (Lipinski definition) is 6. The summed E-state index contributed by atoms with van der Waals surface area (Å²) >= 11 is 0. The zero-order valence-electron chi connectivity index (χ0n) is 19.6. The quantitative estimate of drug-likeness (QED) is 0.248. The highest BCUT2D eigenvalue weighted by atomic mass is 19.2. The lowest BCUT2D eigenvalue weighted by molar-refractivity contribution is -0.157. The van der Waals surface area contributed by atoms with Gasteiger partial charge in [0.2, 0.25) is 17.5 Å². The molecule has 3 rings (SSSR count). The number of benzene rings is 2. The summed E-state index contributed by atoms with van der Waals surface area (Å²) in [5, 5.41) is 11.1. The van der Waals surface area contributed by atoms with Crippen LogP contribution in [0.15, 0.2) is 36.4 Å². The number of halogens is 4. The summed E-state index contributed by atoms with van der Waals surface area (Å²) in [7, 11) is 0. The third-order valence-electron chi connectivity index (χ3n) is 5.48. The highest BCUT2D eigenvalue weighted by Gasteiger charge is 2.34. The Morgan fingerprint density at radius 2 is 1.53 bits per heavy atom. The molecule has 0 spiro atoms. The van der Waals surface area contributed by atoms with Gasteiger partial charge in [0.25, 0.3) is 0 Å². The van der Waals surface area contributed by atoms with Crippen LogP contribution in [0.1, 0.15) is 12.0 Å². The first kappa shape index (κ1) is 28.1. The number of rotatable bonds is 11. The summed E-state index contributed by atoms with van der Waals surface area (Å²) in [6, 6.07) is 7.02. The van der Waals surface area contributed by atoms with Crippen molar-refractivity contribution < 1.29 is 51.4 Å². The van der Waals surface area contributed by atoms with E-state index in [0.717, 1.165) is 10.5 Å². The van der Waals surface area contributed by atoms with Crippen molar-refractivity contribution >= 4 is 29.5 Å². The number of nitrogens with zero attached hydrogens (tertiary/aromatic N) is 2. The van der Waals surface area contributed by atoms with E-state index in [-0.39, 0.29) is 25.7 Å². The number of hydrogen-bond donors (Lipinski definition) is 2. The van der Waals surface area contributed by atoms with Crippen LogP contribution >= 0.6 is 0 Å². The van der Waals surface area contributed by atoms with Gasteiger partial charge < -0.3 is 25.0 Å². The fraction of sp³-hybridized carbons (Fsp3) is 0.292. The lowest BCUT2D eigenvalue weighted by Gasteiger charge is -2.33. The molecule has 10 nitrogen and oxygen atoms in total. The first-order valence-corrected chi connectivity index (χ1v) is 11.1. The van der Waals surface area contributed by atoms with E-state index < -0.39 is 84.1 Å². The summed E-state index contributed by atoms with van der Waals surface area (Å²) in [6.45, 7) is -1.66. The number of amides is 3. The Labute approximate surface area is 212 Å². The Hall–Kier alpha value is -4.49. The minimum absolute atomic E-state index is 0.0187. The molecule has 1 heterocycles. The molecule has 1 atom stereocenters. The maximum Gasteiger partial charge on any atom is 0.312 e. The van der Waals surface area contributed by atoms with Crippen LogP contribution in [-0.4, -0.2) is 76.7 Å². The topological polar surface area (TPSA) is 133 Å². The van der Waals surface area contributed by atoms with Crippen molar-refractivity contribution in [3.63, 3.8) is 0 Å². The predicted octanol–water partition coefficient (Wildman–Crippen LogP) is 1.02. The Bertz CT molecular complexity index is 1230. The number of Topliss-reactive ketones (excluding diaryl/α,β-unsaturated/α-hetero) is 1. The van der Waals surface area contributed by atoms with Gasteiger partial charge in [-0.3, -0.25) is 24.0 Å². The van der Waals surface area contributed by atoms with E-state index in [2.05, 4.69) is 10.1 Å². The Morgan fingerprint density at radius 3 is 2.13 bits per heavy atom. The van der Waals surface area contributed by atoms with E-state index in [0.29, 0.717) is 0 Å². The normalized spacial score (nSPS) is 14.3. The lowest BCUT2D eigenvalue weighted by atomic mass is 10.1. The number of nitrogens with one attached hydrogen (secondary N) is 1. The number of ketones is 1. The summed E-state index contributed by atoms with van der Waals surface area (Å²) in [6.07, 6.45) is -0.978. The van der Waals surface area contributed by atoms with Crippen LogP contribution in [0.4, 0.5) is 17.6 Å². The molecule has 14 heteroatoms. The fourth-order valence-corrected chi connectivity index (χ4v) is 3.58. The van der Waals surface area contributed by atoms with Crippen molar-refractivity contribution in [2.24, 2.45) is 0 Å². The van der Waals surface area contributed by atoms with E-state index in [4.69, 9.17) is 5.11 Å². The SMILES string of the molecule is O=C(O)CC(NC(=O)CN1CCN(Cc2ccccc2)C(=O)C1=O)C(=O)COc1c(F)c(F)cc(F)c1F. The summed E-state index contributed by atoms with van der Waals surface area (Å²) < 4.78 is 58.7. The molecule has 0 aromatic heterocycles. The van der Waals surface area contributed by atoms with Gasteiger partial charge in [-0.2, -0.15) is 8.78 Å². The molecule has 1 aliphatic heterocycles. The Balaban J connectivity index is 1.60. The third-order valence-corrected chi connectivity index (χ3v) is 5.48. The van der Waals surface area contributed by atoms with Crippen molar-refractivity contribution in [1.29, 1.82) is 0 Å². The molecule has 1 unspecified atom stereocenters. The van der Waals surface area contributed by atoms with Crippen LogP contribution in [0.3, 0.4) is 0 Å². The maximum atomic E-state index is 13.7. The zero-order chi connectivity index (χ0) is 28.0. The fourth-order valence-electron chi connectivity index (χ4n) is 3.58. The summed E-state index contributed by atoms with van der Waals surface area (Å²) in [5.41, 5.74) is 0.790. The first-order chi connectivity index (χ1) is 18.0. The van der Waals surface area contributed by atoms with Gasteiger partial charge in [0.1, 0.15) is 19.2 Å². The van der Waals surface area contributed by atoms with E-state index >= 15 is 0 Å². The molecule has 1 saturated heterocycles. The number of carbonyl (C=O) groups excluding carboxylic acids is 4. The minimum Gasteiger partial charge on any atom is -0.481 e. The molecular formula is C24H21F4N3O7. The highest BCUT2D eigenvalue weighted by molar-refractivity contribution is 6.35. The van der Waals surface area contributed by atoms with Crippen molar-refractivity contribution in [2.45, 2.75) is 19.0 Å². The Kier molecular flexibility index (Phi) is 8.99. The molecule has 0 aliphatic carbocycles. The molecule has 38 heavy (non-hydrogen) atoms. The van der Waals surface area contributed by atoms with Gasteiger partial charge in [-0.15, -0.1) is 0 Å². The highest BCUT2D eigenvalue weighted by Crippen LogP contribution is 2.26. The molecule has 3 amide bonds. The molecular weight excluding hydrogens is 518 g/mol. The van der Waals surface area contributed by atoms with Crippen molar-refractivity contribution in [3.05, 3.63) is 65.2 Å². The molecule has 0 bridgehead atoms. The van der Waals surface area contributed by atoms with Gasteiger partial charge in [-0.1, -0.05) is 30.3 Å². The van der Waals surface area contributed by atoms with Crippen molar-refractivity contribution in [2.75, 3.05) is 26.2 Å². The predicted molar refractivity (Wildman–Crippen MR) is 119 cm³/mol. The third kappa shape index (κ3) is 6.83. The van der Waals surface area contributed by atoms with Crippen molar-refractivity contribution in [3.8, 4) is 5.75 Å². The van der Waals surface area contributed by atoms with Gasteiger partial charge in [0, 0.05) is 25.7 Å². The van der Waals surface area contributed by atoms with Crippen LogP contribution in [0.2, 0.25) is 0 Å². The van der Waals surface area contributed by atoms with Gasteiger partial charge in [-0.25, -0.2) is 8.78 Å². The average molecular weight is 539 g/mol. The molecule has 1 fully saturated rings. The zero-order valence-corrected chi connectivity index (χ0v) is 19.6. The standard InChI is InChI=1S/C24H21F4N3O7/c25-14-8-15(26)21(28)22(20(14)27)38-12-17(32)16(9-19(34)35)29-18(33)11-31-7-6-30(23(36)24(31)37)10-13-4-2-1-3-5-13/h1-5,8,16H,6-7,9-12H2,(H,29,33)(H,34,35). The van der Waals surface area contributed by atoms with E-state index in [9.17, 15) is 41.5 Å². The summed E-state index contributed by atoms with van der Waals surface area (Å²) in [5.74, 6) is -14.5. The van der Waals surface area contributed by atoms with Crippen molar-refractivity contribution in [1.82, 2.24) is 15.1 Å². The number of ether oxygens (including phenoxy) is 1. The van der Waals surface area contributed by atoms with Crippen LogP contribution in [0, 0.1) is 23.3 Å². The first-order valence-electron chi connectivity index (χ1n) is 11.1. The number of aliphatic carboxylic acids is 1. The summed E-state index contributed by atoms with van der Waals surface area (Å²) in [4.78, 5) is 63.2. The second-order valence-corrected chi connectivity index (χ2v) is 8.21. The molecule has 202 valence electrons. The maximum absolute atomic E-state index is 13.7. The number of piperazine rings is 1. The van der Waals surface area contributed by atoms with Gasteiger partial charge in [0.15, 0.2) is 23.2 Å². The minimum atomic E-state index is -1.91. The van der Waals surface area contributed by atoms with E-state index in [1.807, 2.05) is 0 Å². The molecule has 0 radical (unpaired) electrons. The molecule has 2 N–H and O–H groups in total. The van der Waals surface area contributed by atoms with Gasteiger partial charge >= 0.3 is 17.8 Å². The second kappa shape index (κ2) is 12.2. The number of carboxylic acid groups (broad SMARTS) is 1. The van der Waals surface area contributed by atoms with Crippen LogP contribution < -0.4 is 10.1 Å². The molecule has 2 aromatic rings. The van der Waals surface area contributed by atoms with Crippen LogP contribution in [0.25, 0.3) is 0 Å². The van der Waals surface area contributed by atoms with E-state index in [1.54, 1.807) is 30.3 Å². The van der Waals surface area contributed by atoms with Crippen LogP contribution in [0.5, 0.6) is 5.75 Å². The number of carboxylic acids is 1. The molecule has 0 saturated carbocycles. The largest absolute Gasteiger partial charge is 0.481 e. The Morgan fingerprint density at radius 1 is 0.947 bits per heavy atom. The average Bonchev–Trinajstić information content (AvgIpc) is 2.87. The monoisotopic (exact) mass is 539 g/mol. The van der Waals surface area contributed by atoms with Crippen LogP contribution in [-0.2, 0) is 30.5 Å². The van der Waals surface area contributed by atoms with E-state index in [1.165, 1.54) is 4.90 Å². The number of carbonyl (C=O) groups is 5. The smallest absolute Gasteiger partial charge is 0.312 e. The molecule has 1 aliphatic rings.